The van der Waals surface area contributed by atoms with Crippen LogP contribution in [0.25, 0.3) is 5.69 Å². The van der Waals surface area contributed by atoms with Crippen LogP contribution in [0.15, 0.2) is 54.6 Å². The van der Waals surface area contributed by atoms with E-state index in [1.54, 1.807) is 18.2 Å². The minimum atomic E-state index is -0.259. The third kappa shape index (κ3) is 3.75. The Morgan fingerprint density at radius 1 is 1.04 bits per heavy atom. The standard InChI is InChI=1S/C22H23FN2O/c1-15-8-10-19(11-9-15)25-16(2)12-20(17(25)3)22(26)14-24-13-18-6-4-5-7-21(18)23/h4-12,24H,13-14H2,1-3H3. The summed E-state index contributed by atoms with van der Waals surface area (Å²) >= 11 is 0. The lowest BCUT2D eigenvalue weighted by atomic mass is 10.1. The van der Waals surface area contributed by atoms with Crippen molar-refractivity contribution in [1.29, 1.82) is 0 Å². The van der Waals surface area contributed by atoms with E-state index in [9.17, 15) is 9.18 Å². The van der Waals surface area contributed by atoms with Gasteiger partial charge in [-0.25, -0.2) is 4.39 Å². The number of nitrogens with zero attached hydrogens (tertiary/aromatic N) is 1. The van der Waals surface area contributed by atoms with Gasteiger partial charge < -0.3 is 9.88 Å². The number of nitrogens with one attached hydrogen (secondary N) is 1. The Morgan fingerprint density at radius 2 is 1.73 bits per heavy atom. The van der Waals surface area contributed by atoms with E-state index in [-0.39, 0.29) is 18.1 Å². The Kier molecular flexibility index (Phi) is 5.33. The van der Waals surface area contributed by atoms with E-state index in [1.165, 1.54) is 11.6 Å². The maximum atomic E-state index is 13.6. The quantitative estimate of drug-likeness (QED) is 0.664. The van der Waals surface area contributed by atoms with E-state index in [0.29, 0.717) is 17.7 Å². The predicted octanol–water partition coefficient (Wildman–Crippen LogP) is 4.51. The first kappa shape index (κ1) is 18.1. The van der Waals surface area contributed by atoms with Crippen LogP contribution < -0.4 is 5.32 Å². The summed E-state index contributed by atoms with van der Waals surface area (Å²) in [5.41, 5.74) is 5.44. The Morgan fingerprint density at radius 3 is 2.42 bits per heavy atom. The lowest BCUT2D eigenvalue weighted by molar-refractivity contribution is 0.0990. The number of aryl methyl sites for hydroxylation is 2. The molecule has 0 saturated carbocycles. The highest BCUT2D eigenvalue weighted by Gasteiger charge is 2.16. The van der Waals surface area contributed by atoms with Crippen LogP contribution in [0.1, 0.15) is 32.9 Å². The van der Waals surface area contributed by atoms with Gasteiger partial charge in [0.15, 0.2) is 5.78 Å². The molecule has 0 fully saturated rings. The van der Waals surface area contributed by atoms with Crippen molar-refractivity contribution in [3.63, 3.8) is 0 Å². The number of hydrogen-bond donors (Lipinski definition) is 1. The molecule has 0 saturated heterocycles. The van der Waals surface area contributed by atoms with Crippen LogP contribution in [0.3, 0.4) is 0 Å². The van der Waals surface area contributed by atoms with Gasteiger partial charge in [0.1, 0.15) is 5.82 Å². The second kappa shape index (κ2) is 7.67. The number of ketones is 1. The molecule has 3 aromatic rings. The van der Waals surface area contributed by atoms with Crippen molar-refractivity contribution in [2.75, 3.05) is 6.54 Å². The van der Waals surface area contributed by atoms with Gasteiger partial charge in [0.05, 0.1) is 6.54 Å². The van der Waals surface area contributed by atoms with E-state index in [0.717, 1.165) is 17.1 Å². The first-order chi connectivity index (χ1) is 12.5. The molecule has 0 atom stereocenters. The van der Waals surface area contributed by atoms with Crippen molar-refractivity contribution < 1.29 is 9.18 Å². The normalized spacial score (nSPS) is 10.9. The molecule has 0 spiro atoms. The van der Waals surface area contributed by atoms with Gasteiger partial charge in [0.2, 0.25) is 0 Å². The molecule has 3 rings (SSSR count). The summed E-state index contributed by atoms with van der Waals surface area (Å²) in [7, 11) is 0. The minimum Gasteiger partial charge on any atom is -0.318 e. The predicted molar refractivity (Wildman–Crippen MR) is 102 cm³/mol. The molecule has 3 nitrogen and oxygen atoms in total. The maximum Gasteiger partial charge on any atom is 0.178 e. The van der Waals surface area contributed by atoms with E-state index >= 15 is 0 Å². The fourth-order valence-corrected chi connectivity index (χ4v) is 3.18. The topological polar surface area (TPSA) is 34.0 Å². The SMILES string of the molecule is Cc1ccc(-n2c(C)cc(C(=O)CNCc3ccccc3F)c2C)cc1. The summed E-state index contributed by atoms with van der Waals surface area (Å²) in [5, 5.41) is 3.05. The van der Waals surface area contributed by atoms with E-state index in [2.05, 4.69) is 41.1 Å². The lowest BCUT2D eigenvalue weighted by Gasteiger charge is -2.10. The van der Waals surface area contributed by atoms with Crippen molar-refractivity contribution in [2.45, 2.75) is 27.3 Å². The highest BCUT2D eigenvalue weighted by atomic mass is 19.1. The zero-order chi connectivity index (χ0) is 18.7. The number of Topliss-reactive ketones (excluding diaryl/α,β-unsaturated/α-hetero) is 1. The minimum absolute atomic E-state index is 0.00722. The van der Waals surface area contributed by atoms with Crippen molar-refractivity contribution in [3.8, 4) is 5.69 Å². The molecule has 1 aromatic heterocycles. The van der Waals surface area contributed by atoms with Crippen LogP contribution >= 0.6 is 0 Å². The van der Waals surface area contributed by atoms with Gasteiger partial charge >= 0.3 is 0 Å². The fourth-order valence-electron chi connectivity index (χ4n) is 3.18. The van der Waals surface area contributed by atoms with E-state index in [4.69, 9.17) is 0 Å². The summed E-state index contributed by atoms with van der Waals surface area (Å²) in [4.78, 5) is 12.6. The zero-order valence-corrected chi connectivity index (χ0v) is 15.3. The van der Waals surface area contributed by atoms with Gasteiger partial charge in [-0.15, -0.1) is 0 Å². The highest BCUT2D eigenvalue weighted by molar-refractivity contribution is 5.99. The molecular weight excluding hydrogens is 327 g/mol. The number of carbonyl (C=O) groups is 1. The molecular formula is C22H23FN2O. The van der Waals surface area contributed by atoms with Crippen LogP contribution in [-0.4, -0.2) is 16.9 Å². The molecule has 1 N–H and O–H groups in total. The summed E-state index contributed by atoms with van der Waals surface area (Å²) in [6.45, 7) is 6.50. The molecule has 1 heterocycles. The van der Waals surface area contributed by atoms with E-state index in [1.807, 2.05) is 19.9 Å². The van der Waals surface area contributed by atoms with Crippen LogP contribution in [0.2, 0.25) is 0 Å². The highest BCUT2D eigenvalue weighted by Crippen LogP contribution is 2.21. The summed E-state index contributed by atoms with van der Waals surface area (Å²) in [5.74, 6) is -0.252. The number of carbonyl (C=O) groups excluding carboxylic acids is 1. The molecule has 0 aliphatic rings. The number of rotatable bonds is 6. The summed E-state index contributed by atoms with van der Waals surface area (Å²) in [6.07, 6.45) is 0. The Labute approximate surface area is 153 Å². The molecule has 0 bridgehead atoms. The third-order valence-electron chi connectivity index (χ3n) is 4.58. The smallest absolute Gasteiger partial charge is 0.178 e. The third-order valence-corrected chi connectivity index (χ3v) is 4.58. The lowest BCUT2D eigenvalue weighted by Crippen LogP contribution is -2.23. The second-order valence-corrected chi connectivity index (χ2v) is 6.57. The Bertz CT molecular complexity index is 926. The summed E-state index contributed by atoms with van der Waals surface area (Å²) < 4.78 is 15.7. The van der Waals surface area contributed by atoms with Crippen molar-refractivity contribution in [3.05, 3.63) is 88.5 Å². The first-order valence-corrected chi connectivity index (χ1v) is 8.70. The molecule has 0 amide bonds. The number of halogens is 1. The first-order valence-electron chi connectivity index (χ1n) is 8.70. The second-order valence-electron chi connectivity index (χ2n) is 6.57. The van der Waals surface area contributed by atoms with Crippen molar-refractivity contribution >= 4 is 5.78 Å². The van der Waals surface area contributed by atoms with Crippen LogP contribution in [0.5, 0.6) is 0 Å². The Balaban J connectivity index is 1.73. The van der Waals surface area contributed by atoms with Gasteiger partial charge in [0.25, 0.3) is 0 Å². The van der Waals surface area contributed by atoms with Crippen LogP contribution in [0.4, 0.5) is 4.39 Å². The fraction of sp³-hybridized carbons (Fsp3) is 0.227. The number of benzene rings is 2. The molecule has 26 heavy (non-hydrogen) atoms. The van der Waals surface area contributed by atoms with Gasteiger partial charge in [-0.3, -0.25) is 4.79 Å². The zero-order valence-electron chi connectivity index (χ0n) is 15.3. The van der Waals surface area contributed by atoms with Crippen molar-refractivity contribution in [1.82, 2.24) is 9.88 Å². The van der Waals surface area contributed by atoms with Gasteiger partial charge in [-0.1, -0.05) is 35.9 Å². The summed E-state index contributed by atoms with van der Waals surface area (Å²) in [6, 6.07) is 16.7. The van der Waals surface area contributed by atoms with E-state index < -0.39 is 0 Å². The molecule has 4 heteroatoms. The number of aromatic nitrogens is 1. The maximum absolute atomic E-state index is 13.6. The van der Waals surface area contributed by atoms with Gasteiger partial charge in [0, 0.05) is 34.7 Å². The van der Waals surface area contributed by atoms with Crippen LogP contribution in [-0.2, 0) is 6.54 Å². The Hall–Kier alpha value is -2.72. The molecule has 0 radical (unpaired) electrons. The number of hydrogen-bond acceptors (Lipinski definition) is 2. The van der Waals surface area contributed by atoms with Gasteiger partial charge in [-0.2, -0.15) is 0 Å². The average Bonchev–Trinajstić information content (AvgIpc) is 2.92. The average molecular weight is 350 g/mol. The molecule has 0 aliphatic heterocycles. The largest absolute Gasteiger partial charge is 0.318 e. The molecule has 0 aliphatic carbocycles. The molecule has 2 aromatic carbocycles. The molecule has 134 valence electrons. The van der Waals surface area contributed by atoms with Gasteiger partial charge in [-0.05, 0) is 45.0 Å². The molecule has 0 unspecified atom stereocenters. The van der Waals surface area contributed by atoms with Crippen LogP contribution in [0, 0.1) is 26.6 Å². The monoisotopic (exact) mass is 350 g/mol. The van der Waals surface area contributed by atoms with Crippen molar-refractivity contribution in [2.24, 2.45) is 0 Å².